The monoisotopic (exact) mass is 353 g/mol. The van der Waals surface area contributed by atoms with E-state index in [1.54, 1.807) is 30.9 Å². The van der Waals surface area contributed by atoms with E-state index in [1.165, 1.54) is 0 Å². The minimum absolute atomic E-state index is 0.0471. The van der Waals surface area contributed by atoms with E-state index in [1.807, 2.05) is 48.5 Å². The zero-order chi connectivity index (χ0) is 18.7. The van der Waals surface area contributed by atoms with Gasteiger partial charge in [0.05, 0.1) is 7.11 Å². The molecule has 1 heterocycles. The van der Waals surface area contributed by atoms with Gasteiger partial charge in [-0.2, -0.15) is 0 Å². The molecule has 1 aliphatic heterocycles. The number of carbonyl (C=O) groups excluding carboxylic acids is 2. The number of nitrogens with zero attached hydrogens (tertiary/aromatic N) is 2. The molecule has 2 aromatic carbocycles. The van der Waals surface area contributed by atoms with Gasteiger partial charge in [0.25, 0.3) is 0 Å². The summed E-state index contributed by atoms with van der Waals surface area (Å²) in [6.45, 7) is 2.81. The quantitative estimate of drug-likeness (QED) is 0.922. The number of piperazine rings is 1. The maximum absolute atomic E-state index is 12.6. The predicted octanol–water partition coefficient (Wildman–Crippen LogP) is 3.06. The summed E-state index contributed by atoms with van der Waals surface area (Å²) in [5, 5.41) is 2.90. The molecule has 1 fully saturated rings. The molecule has 1 unspecified atom stereocenters. The van der Waals surface area contributed by atoms with Crippen molar-refractivity contribution in [3.63, 3.8) is 0 Å². The van der Waals surface area contributed by atoms with Gasteiger partial charge in [-0.05, 0) is 30.7 Å². The fraction of sp³-hybridized carbons (Fsp3) is 0.300. The van der Waals surface area contributed by atoms with Crippen molar-refractivity contribution in [2.75, 3.05) is 32.6 Å². The lowest BCUT2D eigenvalue weighted by atomic mass is 10.0. The van der Waals surface area contributed by atoms with Gasteiger partial charge in [-0.3, -0.25) is 4.79 Å². The average Bonchev–Trinajstić information content (AvgIpc) is 2.66. The molecule has 1 aliphatic rings. The summed E-state index contributed by atoms with van der Waals surface area (Å²) in [4.78, 5) is 27.9. The first-order chi connectivity index (χ1) is 12.5. The number of benzene rings is 2. The van der Waals surface area contributed by atoms with Gasteiger partial charge in [-0.25, -0.2) is 4.79 Å². The molecule has 3 amide bonds. The normalized spacial score (nSPS) is 17.2. The summed E-state index contributed by atoms with van der Waals surface area (Å²) in [5.41, 5.74) is 2.58. The highest BCUT2D eigenvalue weighted by molar-refractivity contribution is 5.95. The summed E-state index contributed by atoms with van der Waals surface area (Å²) in [6, 6.07) is 14.6. The van der Waals surface area contributed by atoms with Crippen LogP contribution in [0.5, 0.6) is 5.75 Å². The molecule has 0 aromatic heterocycles. The second kappa shape index (κ2) is 7.47. The van der Waals surface area contributed by atoms with Crippen LogP contribution in [0, 0.1) is 0 Å². The zero-order valence-electron chi connectivity index (χ0n) is 15.2. The molecule has 0 bridgehead atoms. The van der Waals surface area contributed by atoms with Gasteiger partial charge in [-0.1, -0.05) is 30.3 Å². The Morgan fingerprint density at radius 3 is 2.69 bits per heavy atom. The maximum Gasteiger partial charge on any atom is 0.322 e. The second-order valence-corrected chi connectivity index (χ2v) is 6.34. The largest absolute Gasteiger partial charge is 0.496 e. The molecule has 6 nitrogen and oxygen atoms in total. The fourth-order valence-corrected chi connectivity index (χ4v) is 3.13. The molecule has 26 heavy (non-hydrogen) atoms. The molecular formula is C20H23N3O3. The number of ether oxygens (including phenoxy) is 1. The third-order valence-electron chi connectivity index (χ3n) is 4.67. The fourth-order valence-electron chi connectivity index (χ4n) is 3.13. The van der Waals surface area contributed by atoms with Crippen LogP contribution in [0.3, 0.4) is 0 Å². The molecule has 0 aliphatic carbocycles. The van der Waals surface area contributed by atoms with Crippen LogP contribution in [-0.4, -0.2) is 55.0 Å². The molecule has 136 valence electrons. The number of urea groups is 1. The Hall–Kier alpha value is -3.02. The Balaban J connectivity index is 1.79. The van der Waals surface area contributed by atoms with Crippen LogP contribution in [0.2, 0.25) is 0 Å². The minimum atomic E-state index is -0.467. The molecule has 0 saturated carbocycles. The van der Waals surface area contributed by atoms with Gasteiger partial charge >= 0.3 is 6.03 Å². The lowest BCUT2D eigenvalue weighted by molar-refractivity contribution is -0.137. The van der Waals surface area contributed by atoms with Crippen molar-refractivity contribution in [3.8, 4) is 16.9 Å². The van der Waals surface area contributed by atoms with Crippen LogP contribution in [0.25, 0.3) is 11.1 Å². The molecule has 6 heteroatoms. The van der Waals surface area contributed by atoms with Gasteiger partial charge in [0.1, 0.15) is 11.8 Å². The van der Waals surface area contributed by atoms with E-state index in [0.717, 1.165) is 16.9 Å². The number of methoxy groups -OCH3 is 1. The third-order valence-corrected chi connectivity index (χ3v) is 4.67. The highest BCUT2D eigenvalue weighted by atomic mass is 16.5. The Morgan fingerprint density at radius 1 is 1.15 bits per heavy atom. The summed E-state index contributed by atoms with van der Waals surface area (Å²) in [7, 11) is 3.39. The first kappa shape index (κ1) is 17.8. The van der Waals surface area contributed by atoms with Gasteiger partial charge in [-0.15, -0.1) is 0 Å². The summed E-state index contributed by atoms with van der Waals surface area (Å²) >= 11 is 0. The Kier molecular flexibility index (Phi) is 5.11. The van der Waals surface area contributed by atoms with Crippen molar-refractivity contribution in [3.05, 3.63) is 48.5 Å². The molecule has 1 saturated heterocycles. The van der Waals surface area contributed by atoms with E-state index in [0.29, 0.717) is 18.8 Å². The van der Waals surface area contributed by atoms with Crippen molar-refractivity contribution < 1.29 is 14.3 Å². The van der Waals surface area contributed by atoms with E-state index in [-0.39, 0.29) is 11.9 Å². The third kappa shape index (κ3) is 3.49. The summed E-state index contributed by atoms with van der Waals surface area (Å²) in [5.74, 6) is 0.725. The standard InChI is InChI=1S/C20H23N3O3/c1-14-19(24)22(2)11-12-23(14)20(25)21-16-8-6-7-15(13-16)17-9-4-5-10-18(17)26-3/h4-10,13-14H,11-12H2,1-3H3,(H,21,25). The number of nitrogens with one attached hydrogen (secondary N) is 1. The number of anilines is 1. The zero-order valence-corrected chi connectivity index (χ0v) is 15.2. The van der Waals surface area contributed by atoms with Crippen molar-refractivity contribution in [1.82, 2.24) is 9.80 Å². The summed E-state index contributed by atoms with van der Waals surface area (Å²) < 4.78 is 5.41. The van der Waals surface area contributed by atoms with Crippen LogP contribution >= 0.6 is 0 Å². The van der Waals surface area contributed by atoms with E-state index in [9.17, 15) is 9.59 Å². The maximum atomic E-state index is 12.6. The highest BCUT2D eigenvalue weighted by Crippen LogP contribution is 2.31. The first-order valence-electron chi connectivity index (χ1n) is 8.57. The van der Waals surface area contributed by atoms with Gasteiger partial charge < -0.3 is 19.9 Å². The minimum Gasteiger partial charge on any atom is -0.496 e. The number of amides is 3. The lowest BCUT2D eigenvalue weighted by Crippen LogP contribution is -2.57. The molecule has 1 N–H and O–H groups in total. The van der Waals surface area contributed by atoms with Crippen LogP contribution in [0.4, 0.5) is 10.5 Å². The van der Waals surface area contributed by atoms with Crippen molar-refractivity contribution in [2.24, 2.45) is 0 Å². The second-order valence-electron chi connectivity index (χ2n) is 6.34. The Labute approximate surface area is 153 Å². The molecule has 0 spiro atoms. The molecule has 1 atom stereocenters. The van der Waals surface area contributed by atoms with Crippen molar-refractivity contribution >= 4 is 17.6 Å². The number of para-hydroxylation sites is 1. The number of rotatable bonds is 3. The van der Waals surface area contributed by atoms with E-state index in [2.05, 4.69) is 5.32 Å². The van der Waals surface area contributed by atoms with E-state index in [4.69, 9.17) is 4.74 Å². The lowest BCUT2D eigenvalue weighted by Gasteiger charge is -2.37. The molecule has 0 radical (unpaired) electrons. The number of hydrogen-bond acceptors (Lipinski definition) is 3. The highest BCUT2D eigenvalue weighted by Gasteiger charge is 2.32. The number of likely N-dealkylation sites (N-methyl/N-ethyl adjacent to an activating group) is 1. The van der Waals surface area contributed by atoms with Crippen LogP contribution in [0.1, 0.15) is 6.92 Å². The average molecular weight is 353 g/mol. The molecule has 3 rings (SSSR count). The molecule has 2 aromatic rings. The smallest absolute Gasteiger partial charge is 0.322 e. The number of hydrogen-bond donors (Lipinski definition) is 1. The van der Waals surface area contributed by atoms with Gasteiger partial charge in [0.2, 0.25) is 5.91 Å². The van der Waals surface area contributed by atoms with Crippen LogP contribution in [-0.2, 0) is 4.79 Å². The molecular weight excluding hydrogens is 330 g/mol. The first-order valence-corrected chi connectivity index (χ1v) is 8.57. The van der Waals surface area contributed by atoms with Crippen LogP contribution < -0.4 is 10.1 Å². The summed E-state index contributed by atoms with van der Waals surface area (Å²) in [6.07, 6.45) is 0. The van der Waals surface area contributed by atoms with Gasteiger partial charge in [0, 0.05) is 31.4 Å². The van der Waals surface area contributed by atoms with E-state index >= 15 is 0 Å². The Bertz CT molecular complexity index is 821. The predicted molar refractivity (Wildman–Crippen MR) is 101 cm³/mol. The van der Waals surface area contributed by atoms with Crippen molar-refractivity contribution in [2.45, 2.75) is 13.0 Å². The van der Waals surface area contributed by atoms with E-state index < -0.39 is 6.04 Å². The number of carbonyl (C=O) groups is 2. The van der Waals surface area contributed by atoms with Crippen molar-refractivity contribution in [1.29, 1.82) is 0 Å². The Morgan fingerprint density at radius 2 is 1.92 bits per heavy atom. The SMILES string of the molecule is COc1ccccc1-c1cccc(NC(=O)N2CCN(C)C(=O)C2C)c1. The van der Waals surface area contributed by atoms with Gasteiger partial charge in [0.15, 0.2) is 0 Å². The topological polar surface area (TPSA) is 61.9 Å². The van der Waals surface area contributed by atoms with Crippen LogP contribution in [0.15, 0.2) is 48.5 Å².